The van der Waals surface area contributed by atoms with Gasteiger partial charge in [-0.3, -0.25) is 0 Å². The largest absolute Gasteiger partial charge is 0.330 e. The molecule has 0 bridgehead atoms. The number of rotatable bonds is 3. The van der Waals surface area contributed by atoms with E-state index in [1.54, 1.807) is 0 Å². The van der Waals surface area contributed by atoms with Crippen molar-refractivity contribution in [3.63, 3.8) is 0 Å². The molecule has 0 saturated heterocycles. The highest BCUT2D eigenvalue weighted by Crippen LogP contribution is 2.39. The van der Waals surface area contributed by atoms with Crippen LogP contribution >= 0.6 is 0 Å². The van der Waals surface area contributed by atoms with Crippen molar-refractivity contribution in [1.29, 1.82) is 0 Å². The molecule has 3 rings (SSSR count). The van der Waals surface area contributed by atoms with Crippen LogP contribution in [0, 0.1) is 0 Å². The Morgan fingerprint density at radius 1 is 1.39 bits per heavy atom. The molecule has 0 fully saturated rings. The molecule has 1 aromatic carbocycles. The first-order chi connectivity index (χ1) is 8.85. The van der Waals surface area contributed by atoms with Crippen LogP contribution in [0.15, 0.2) is 36.7 Å². The molecule has 0 saturated carbocycles. The Hall–Kier alpha value is -1.61. The van der Waals surface area contributed by atoms with Gasteiger partial charge in [-0.2, -0.15) is 0 Å². The Morgan fingerprint density at radius 2 is 2.22 bits per heavy atom. The van der Waals surface area contributed by atoms with Crippen molar-refractivity contribution < 1.29 is 0 Å². The fourth-order valence-electron chi connectivity index (χ4n) is 3.10. The quantitative estimate of drug-likeness (QED) is 0.894. The van der Waals surface area contributed by atoms with E-state index in [-0.39, 0.29) is 0 Å². The van der Waals surface area contributed by atoms with E-state index in [1.165, 1.54) is 17.0 Å². The Morgan fingerprint density at radius 3 is 3.00 bits per heavy atom. The van der Waals surface area contributed by atoms with Crippen molar-refractivity contribution >= 4 is 0 Å². The summed E-state index contributed by atoms with van der Waals surface area (Å²) >= 11 is 0. The van der Waals surface area contributed by atoms with Crippen LogP contribution in [0.1, 0.15) is 36.0 Å². The van der Waals surface area contributed by atoms with E-state index in [9.17, 15) is 0 Å². The highest BCUT2D eigenvalue weighted by atomic mass is 15.1. The topological polar surface area (TPSA) is 29.9 Å². The zero-order chi connectivity index (χ0) is 12.5. The number of imidazole rings is 1. The second-order valence-corrected chi connectivity index (χ2v) is 4.84. The van der Waals surface area contributed by atoms with Gasteiger partial charge in [0.05, 0.1) is 12.1 Å². The average molecular weight is 241 g/mol. The summed E-state index contributed by atoms with van der Waals surface area (Å²) in [6.07, 6.45) is 6.09. The summed E-state index contributed by atoms with van der Waals surface area (Å²) in [5.41, 5.74) is 2.89. The molecule has 18 heavy (non-hydrogen) atoms. The number of hydrogen-bond donors (Lipinski definition) is 1. The molecule has 1 aromatic heterocycles. The third-order valence-electron chi connectivity index (χ3n) is 3.94. The second-order valence-electron chi connectivity index (χ2n) is 4.84. The first kappa shape index (κ1) is 11.5. The molecule has 0 spiro atoms. The number of nitrogens with zero attached hydrogens (tertiary/aromatic N) is 2. The van der Waals surface area contributed by atoms with Crippen LogP contribution in [0.2, 0.25) is 0 Å². The first-order valence-electron chi connectivity index (χ1n) is 6.62. The van der Waals surface area contributed by atoms with Crippen LogP contribution in [-0.2, 0) is 12.8 Å². The SMILES string of the molecule is CCc1nccn1C1Cc2ccccc2C1NC. The maximum absolute atomic E-state index is 4.45. The maximum Gasteiger partial charge on any atom is 0.108 e. The van der Waals surface area contributed by atoms with Crippen LogP contribution in [0.25, 0.3) is 0 Å². The van der Waals surface area contributed by atoms with Crippen LogP contribution in [-0.4, -0.2) is 16.6 Å². The van der Waals surface area contributed by atoms with Gasteiger partial charge in [-0.1, -0.05) is 31.2 Å². The van der Waals surface area contributed by atoms with Crippen LogP contribution in [0.3, 0.4) is 0 Å². The van der Waals surface area contributed by atoms with Gasteiger partial charge in [-0.25, -0.2) is 4.98 Å². The molecule has 2 aromatic rings. The van der Waals surface area contributed by atoms with Crippen molar-refractivity contribution in [3.8, 4) is 0 Å². The van der Waals surface area contributed by atoms with Crippen molar-refractivity contribution in [2.75, 3.05) is 7.05 Å². The molecule has 1 aliphatic rings. The highest BCUT2D eigenvalue weighted by Gasteiger charge is 2.32. The van der Waals surface area contributed by atoms with Crippen LogP contribution < -0.4 is 5.32 Å². The fraction of sp³-hybridized carbons (Fsp3) is 0.400. The first-order valence-corrected chi connectivity index (χ1v) is 6.62. The Labute approximate surface area is 108 Å². The van der Waals surface area contributed by atoms with Gasteiger partial charge in [0.1, 0.15) is 5.82 Å². The standard InChI is InChI=1S/C15H19N3/c1-3-14-17-8-9-18(14)13-10-11-6-4-5-7-12(11)15(13)16-2/h4-9,13,15-16H,3,10H2,1-2H3. The lowest BCUT2D eigenvalue weighted by atomic mass is 10.1. The predicted octanol–water partition coefficient (Wildman–Crippen LogP) is 2.50. The molecule has 1 N–H and O–H groups in total. The molecule has 1 heterocycles. The number of likely N-dealkylation sites (N-methyl/N-ethyl adjacent to an activating group) is 1. The highest BCUT2D eigenvalue weighted by molar-refractivity contribution is 5.36. The van der Waals surface area contributed by atoms with Gasteiger partial charge in [0.15, 0.2) is 0 Å². The lowest BCUT2D eigenvalue weighted by molar-refractivity contribution is 0.392. The summed E-state index contributed by atoms with van der Waals surface area (Å²) in [5.74, 6) is 1.17. The summed E-state index contributed by atoms with van der Waals surface area (Å²) in [4.78, 5) is 4.45. The monoisotopic (exact) mass is 241 g/mol. The third-order valence-corrected chi connectivity index (χ3v) is 3.94. The third kappa shape index (κ3) is 1.66. The Bertz CT molecular complexity index is 544. The molecule has 1 aliphatic carbocycles. The number of aryl methyl sites for hydroxylation is 1. The lowest BCUT2D eigenvalue weighted by Crippen LogP contribution is -2.25. The fourth-order valence-corrected chi connectivity index (χ4v) is 3.10. The predicted molar refractivity (Wildman–Crippen MR) is 72.6 cm³/mol. The molecule has 2 unspecified atom stereocenters. The van der Waals surface area contributed by atoms with Crippen molar-refractivity contribution in [2.24, 2.45) is 0 Å². The van der Waals surface area contributed by atoms with E-state index in [1.807, 2.05) is 13.2 Å². The lowest BCUT2D eigenvalue weighted by Gasteiger charge is -2.23. The minimum atomic E-state index is 0.390. The van der Waals surface area contributed by atoms with Crippen molar-refractivity contribution in [1.82, 2.24) is 14.9 Å². The summed E-state index contributed by atoms with van der Waals surface area (Å²) in [7, 11) is 2.04. The number of hydrogen-bond acceptors (Lipinski definition) is 2. The van der Waals surface area contributed by atoms with E-state index in [2.05, 4.69) is 52.3 Å². The minimum absolute atomic E-state index is 0.390. The number of nitrogens with one attached hydrogen (secondary N) is 1. The normalized spacial score (nSPS) is 22.1. The van der Waals surface area contributed by atoms with Gasteiger partial charge >= 0.3 is 0 Å². The van der Waals surface area contributed by atoms with Crippen LogP contribution in [0.5, 0.6) is 0 Å². The molecule has 0 amide bonds. The molecule has 3 nitrogen and oxygen atoms in total. The molecular weight excluding hydrogens is 222 g/mol. The summed E-state index contributed by atoms with van der Waals surface area (Å²) in [5, 5.41) is 3.46. The smallest absolute Gasteiger partial charge is 0.108 e. The van der Waals surface area contributed by atoms with Crippen LogP contribution in [0.4, 0.5) is 0 Å². The van der Waals surface area contributed by atoms with E-state index in [0.29, 0.717) is 12.1 Å². The number of fused-ring (bicyclic) bond motifs is 1. The summed E-state index contributed by atoms with van der Waals surface area (Å²) < 4.78 is 2.33. The van der Waals surface area contributed by atoms with Gasteiger partial charge in [0.25, 0.3) is 0 Å². The van der Waals surface area contributed by atoms with Gasteiger partial charge in [-0.05, 0) is 24.6 Å². The molecular formula is C15H19N3. The second kappa shape index (κ2) is 4.58. The summed E-state index contributed by atoms with van der Waals surface area (Å²) in [6, 6.07) is 9.56. The van der Waals surface area contributed by atoms with Gasteiger partial charge in [0.2, 0.25) is 0 Å². The zero-order valence-corrected chi connectivity index (χ0v) is 10.9. The molecule has 3 heteroatoms. The molecule has 94 valence electrons. The maximum atomic E-state index is 4.45. The zero-order valence-electron chi connectivity index (χ0n) is 10.9. The van der Waals surface area contributed by atoms with Gasteiger partial charge in [-0.15, -0.1) is 0 Å². The van der Waals surface area contributed by atoms with E-state index < -0.39 is 0 Å². The Balaban J connectivity index is 2.01. The summed E-state index contributed by atoms with van der Waals surface area (Å²) in [6.45, 7) is 2.16. The van der Waals surface area contributed by atoms with Gasteiger partial charge in [0, 0.05) is 18.8 Å². The number of aromatic nitrogens is 2. The van der Waals surface area contributed by atoms with Crippen molar-refractivity contribution in [3.05, 3.63) is 53.6 Å². The van der Waals surface area contributed by atoms with E-state index in [4.69, 9.17) is 0 Å². The molecule has 0 radical (unpaired) electrons. The van der Waals surface area contributed by atoms with E-state index in [0.717, 1.165) is 12.8 Å². The average Bonchev–Trinajstić information content (AvgIpc) is 3.01. The van der Waals surface area contributed by atoms with Gasteiger partial charge < -0.3 is 9.88 Å². The molecule has 0 aliphatic heterocycles. The van der Waals surface area contributed by atoms with Crippen molar-refractivity contribution in [2.45, 2.75) is 31.8 Å². The minimum Gasteiger partial charge on any atom is -0.330 e. The Kier molecular flexibility index (Phi) is 2.92. The van der Waals surface area contributed by atoms with E-state index >= 15 is 0 Å². The molecule has 2 atom stereocenters. The number of benzene rings is 1.